The fourth-order valence-corrected chi connectivity index (χ4v) is 2.78. The number of carbonyl (C=O) groups is 2. The SMILES string of the molecule is O=C(O)CN(C(=O)CN1CCc2ccccc21)C1CC1. The quantitative estimate of drug-likeness (QED) is 0.874. The van der Waals surface area contributed by atoms with Gasteiger partial charge in [0.05, 0.1) is 6.54 Å². The van der Waals surface area contributed by atoms with Gasteiger partial charge in [-0.15, -0.1) is 0 Å². The third kappa shape index (κ3) is 2.61. The summed E-state index contributed by atoms with van der Waals surface area (Å²) in [4.78, 5) is 26.8. The van der Waals surface area contributed by atoms with Crippen molar-refractivity contribution in [2.24, 2.45) is 0 Å². The molecular weight excluding hydrogens is 256 g/mol. The van der Waals surface area contributed by atoms with Gasteiger partial charge in [-0.2, -0.15) is 0 Å². The lowest BCUT2D eigenvalue weighted by Crippen LogP contribution is -2.43. The number of carboxylic acid groups (broad SMARTS) is 1. The van der Waals surface area contributed by atoms with E-state index in [1.807, 2.05) is 18.2 Å². The van der Waals surface area contributed by atoms with E-state index in [9.17, 15) is 9.59 Å². The zero-order valence-electron chi connectivity index (χ0n) is 11.3. The molecule has 1 aromatic rings. The van der Waals surface area contributed by atoms with Crippen LogP contribution in [0.2, 0.25) is 0 Å². The van der Waals surface area contributed by atoms with Crippen molar-refractivity contribution in [3.63, 3.8) is 0 Å². The Hall–Kier alpha value is -2.04. The Labute approximate surface area is 117 Å². The van der Waals surface area contributed by atoms with Gasteiger partial charge in [0.2, 0.25) is 5.91 Å². The van der Waals surface area contributed by atoms with Crippen LogP contribution in [0.4, 0.5) is 5.69 Å². The van der Waals surface area contributed by atoms with Gasteiger partial charge in [-0.3, -0.25) is 9.59 Å². The van der Waals surface area contributed by atoms with Crippen LogP contribution in [0.3, 0.4) is 0 Å². The number of nitrogens with zero attached hydrogens (tertiary/aromatic N) is 2. The van der Waals surface area contributed by atoms with E-state index in [4.69, 9.17) is 5.11 Å². The molecule has 5 heteroatoms. The summed E-state index contributed by atoms with van der Waals surface area (Å²) in [6.07, 6.45) is 2.80. The van der Waals surface area contributed by atoms with Crippen molar-refractivity contribution in [3.05, 3.63) is 29.8 Å². The summed E-state index contributed by atoms with van der Waals surface area (Å²) in [6.45, 7) is 0.927. The summed E-state index contributed by atoms with van der Waals surface area (Å²) in [5.74, 6) is -1.02. The summed E-state index contributed by atoms with van der Waals surface area (Å²) in [5, 5.41) is 8.92. The molecule has 1 heterocycles. The molecule has 0 spiro atoms. The molecule has 1 N–H and O–H groups in total. The van der Waals surface area contributed by atoms with Crippen LogP contribution in [0, 0.1) is 0 Å². The van der Waals surface area contributed by atoms with E-state index >= 15 is 0 Å². The van der Waals surface area contributed by atoms with Gasteiger partial charge in [-0.05, 0) is 30.9 Å². The summed E-state index contributed by atoms with van der Waals surface area (Å²) in [7, 11) is 0. The molecule has 0 bridgehead atoms. The number of fused-ring (bicyclic) bond motifs is 1. The fraction of sp³-hybridized carbons (Fsp3) is 0.467. The maximum absolute atomic E-state index is 12.3. The smallest absolute Gasteiger partial charge is 0.323 e. The first-order valence-electron chi connectivity index (χ1n) is 6.99. The van der Waals surface area contributed by atoms with Gasteiger partial charge in [0.25, 0.3) is 0 Å². The summed E-state index contributed by atoms with van der Waals surface area (Å²) in [5.41, 5.74) is 2.36. The molecular formula is C15H18N2O3. The van der Waals surface area contributed by atoms with Gasteiger partial charge in [0.15, 0.2) is 0 Å². The van der Waals surface area contributed by atoms with E-state index < -0.39 is 5.97 Å². The summed E-state index contributed by atoms with van der Waals surface area (Å²) < 4.78 is 0. The summed E-state index contributed by atoms with van der Waals surface area (Å²) >= 11 is 0. The number of amides is 1. The van der Waals surface area contributed by atoms with Crippen molar-refractivity contribution < 1.29 is 14.7 Å². The van der Waals surface area contributed by atoms with Crippen molar-refractivity contribution in [2.75, 3.05) is 24.5 Å². The molecule has 0 saturated heterocycles. The maximum Gasteiger partial charge on any atom is 0.323 e. The number of carbonyl (C=O) groups excluding carboxylic acids is 1. The molecule has 1 aromatic carbocycles. The van der Waals surface area contributed by atoms with Crippen LogP contribution in [0.5, 0.6) is 0 Å². The lowest BCUT2D eigenvalue weighted by Gasteiger charge is -2.25. The number of rotatable bonds is 5. The highest BCUT2D eigenvalue weighted by Gasteiger charge is 2.35. The van der Waals surface area contributed by atoms with Gasteiger partial charge in [-0.25, -0.2) is 0 Å². The molecule has 20 heavy (non-hydrogen) atoms. The molecule has 3 rings (SSSR count). The van der Waals surface area contributed by atoms with Crippen molar-refractivity contribution in [1.82, 2.24) is 4.90 Å². The Morgan fingerprint density at radius 3 is 2.75 bits per heavy atom. The highest BCUT2D eigenvalue weighted by molar-refractivity contribution is 5.86. The second-order valence-corrected chi connectivity index (χ2v) is 5.45. The molecule has 0 unspecified atom stereocenters. The second kappa shape index (κ2) is 5.15. The molecule has 0 atom stereocenters. The van der Waals surface area contributed by atoms with E-state index in [0.717, 1.165) is 31.5 Å². The zero-order chi connectivity index (χ0) is 14.1. The molecule has 1 fully saturated rings. The molecule has 0 aromatic heterocycles. The minimum Gasteiger partial charge on any atom is -0.480 e. The average molecular weight is 274 g/mol. The van der Waals surface area contributed by atoms with Crippen LogP contribution in [0.1, 0.15) is 18.4 Å². The normalized spacial score (nSPS) is 16.9. The summed E-state index contributed by atoms with van der Waals surface area (Å²) in [6, 6.07) is 8.21. The number of para-hydroxylation sites is 1. The number of aliphatic carboxylic acids is 1. The van der Waals surface area contributed by atoms with Gasteiger partial charge in [0, 0.05) is 18.3 Å². The first-order chi connectivity index (χ1) is 9.65. The minimum absolute atomic E-state index is 0.0772. The Kier molecular flexibility index (Phi) is 3.34. The van der Waals surface area contributed by atoms with E-state index in [0.29, 0.717) is 0 Å². The van der Waals surface area contributed by atoms with E-state index in [1.165, 1.54) is 10.5 Å². The highest BCUT2D eigenvalue weighted by atomic mass is 16.4. The molecule has 0 radical (unpaired) electrons. The average Bonchev–Trinajstić information content (AvgIpc) is 3.19. The Morgan fingerprint density at radius 2 is 2.05 bits per heavy atom. The fourth-order valence-electron chi connectivity index (χ4n) is 2.78. The van der Waals surface area contributed by atoms with Crippen molar-refractivity contribution in [2.45, 2.75) is 25.3 Å². The van der Waals surface area contributed by atoms with Crippen LogP contribution in [0.25, 0.3) is 0 Å². The van der Waals surface area contributed by atoms with E-state index in [2.05, 4.69) is 11.0 Å². The largest absolute Gasteiger partial charge is 0.480 e. The van der Waals surface area contributed by atoms with Crippen LogP contribution < -0.4 is 4.90 Å². The molecule has 1 aliphatic carbocycles. The lowest BCUT2D eigenvalue weighted by atomic mass is 10.2. The molecule has 1 saturated carbocycles. The number of benzene rings is 1. The lowest BCUT2D eigenvalue weighted by molar-refractivity contribution is -0.144. The number of carboxylic acids is 1. The molecule has 106 valence electrons. The van der Waals surface area contributed by atoms with E-state index in [-0.39, 0.29) is 25.0 Å². The van der Waals surface area contributed by atoms with Crippen LogP contribution in [0.15, 0.2) is 24.3 Å². The van der Waals surface area contributed by atoms with Crippen LogP contribution in [-0.4, -0.2) is 47.6 Å². The topological polar surface area (TPSA) is 60.9 Å². The van der Waals surface area contributed by atoms with E-state index in [1.54, 1.807) is 0 Å². The molecule has 2 aliphatic rings. The van der Waals surface area contributed by atoms with Gasteiger partial charge < -0.3 is 14.9 Å². The van der Waals surface area contributed by atoms with Crippen molar-refractivity contribution in [3.8, 4) is 0 Å². The standard InChI is InChI=1S/C15H18N2O3/c18-14(17(10-15(19)20)12-5-6-12)9-16-8-7-11-3-1-2-4-13(11)16/h1-4,12H,5-10H2,(H,19,20). The molecule has 1 amide bonds. The van der Waals surface area contributed by atoms with Crippen molar-refractivity contribution >= 4 is 17.6 Å². The predicted molar refractivity (Wildman–Crippen MR) is 74.7 cm³/mol. The van der Waals surface area contributed by atoms with Crippen molar-refractivity contribution in [1.29, 1.82) is 0 Å². The third-order valence-electron chi connectivity index (χ3n) is 3.92. The Balaban J connectivity index is 1.68. The number of hydrogen-bond acceptors (Lipinski definition) is 3. The highest BCUT2D eigenvalue weighted by Crippen LogP contribution is 2.29. The first kappa shape index (κ1) is 13.0. The second-order valence-electron chi connectivity index (χ2n) is 5.45. The Bertz CT molecular complexity index is 540. The molecule has 5 nitrogen and oxygen atoms in total. The zero-order valence-corrected chi connectivity index (χ0v) is 11.3. The van der Waals surface area contributed by atoms with Gasteiger partial charge >= 0.3 is 5.97 Å². The predicted octanol–water partition coefficient (Wildman–Crippen LogP) is 1.12. The van der Waals surface area contributed by atoms with Crippen LogP contribution >= 0.6 is 0 Å². The minimum atomic E-state index is -0.938. The molecule has 1 aliphatic heterocycles. The number of anilines is 1. The van der Waals surface area contributed by atoms with Crippen LogP contribution in [-0.2, 0) is 16.0 Å². The maximum atomic E-state index is 12.3. The number of hydrogen-bond donors (Lipinski definition) is 1. The monoisotopic (exact) mass is 274 g/mol. The Morgan fingerprint density at radius 1 is 1.30 bits per heavy atom. The van der Waals surface area contributed by atoms with Gasteiger partial charge in [-0.1, -0.05) is 18.2 Å². The van der Waals surface area contributed by atoms with Gasteiger partial charge in [0.1, 0.15) is 6.54 Å². The first-order valence-corrected chi connectivity index (χ1v) is 6.99. The third-order valence-corrected chi connectivity index (χ3v) is 3.92.